The van der Waals surface area contributed by atoms with Gasteiger partial charge in [0.1, 0.15) is 18.2 Å². The average molecular weight is 411 g/mol. The normalized spacial score (nSPS) is 15.4. The van der Waals surface area contributed by atoms with Crippen LogP contribution in [0.1, 0.15) is 54.4 Å². The zero-order chi connectivity index (χ0) is 21.7. The fraction of sp³-hybridized carbons (Fsp3) is 0.542. The highest BCUT2D eigenvalue weighted by atomic mass is 16.5. The van der Waals surface area contributed by atoms with Gasteiger partial charge in [0, 0.05) is 56.9 Å². The number of ether oxygens (including phenoxy) is 1. The Hall–Kier alpha value is -2.47. The summed E-state index contributed by atoms with van der Waals surface area (Å²) < 4.78 is 5.01. The summed E-state index contributed by atoms with van der Waals surface area (Å²) in [5.74, 6) is 2.31. The van der Waals surface area contributed by atoms with E-state index >= 15 is 0 Å². The number of methoxy groups -OCH3 is 1. The molecule has 30 heavy (non-hydrogen) atoms. The number of nitrogens with zero attached hydrogens (tertiary/aromatic N) is 4. The lowest BCUT2D eigenvalue weighted by molar-refractivity contribution is -0.135. The molecule has 1 amide bonds. The van der Waals surface area contributed by atoms with Crippen LogP contribution in [-0.2, 0) is 16.0 Å². The third kappa shape index (κ3) is 5.17. The predicted molar refractivity (Wildman–Crippen MR) is 120 cm³/mol. The van der Waals surface area contributed by atoms with Gasteiger partial charge in [-0.3, -0.25) is 4.79 Å². The summed E-state index contributed by atoms with van der Waals surface area (Å²) in [6.07, 6.45) is 1.82. The number of anilines is 1. The van der Waals surface area contributed by atoms with Gasteiger partial charge in [-0.2, -0.15) is 0 Å². The van der Waals surface area contributed by atoms with Crippen molar-refractivity contribution in [3.05, 3.63) is 52.5 Å². The first-order valence-electron chi connectivity index (χ1n) is 10.9. The molecule has 1 aliphatic heterocycles. The van der Waals surface area contributed by atoms with Crippen molar-refractivity contribution in [2.24, 2.45) is 0 Å². The fourth-order valence-electron chi connectivity index (χ4n) is 3.77. The Morgan fingerprint density at radius 3 is 2.37 bits per heavy atom. The van der Waals surface area contributed by atoms with Gasteiger partial charge in [-0.05, 0) is 25.8 Å². The number of benzene rings is 1. The first kappa shape index (κ1) is 22.2. The van der Waals surface area contributed by atoms with Crippen molar-refractivity contribution in [2.45, 2.75) is 46.5 Å². The van der Waals surface area contributed by atoms with Crippen LogP contribution in [0.2, 0.25) is 0 Å². The van der Waals surface area contributed by atoms with Crippen molar-refractivity contribution in [3.63, 3.8) is 0 Å². The molecule has 162 valence electrons. The molecule has 1 saturated heterocycles. The Kier molecular flexibility index (Phi) is 7.43. The van der Waals surface area contributed by atoms with E-state index in [1.54, 1.807) is 7.11 Å². The Labute approximate surface area is 180 Å². The SMILES string of the molecule is CCC(C)c1nc(C)c(Cc2ccc(C)cc2)c(N2CCN(C(=O)COC)CC2)n1. The van der Waals surface area contributed by atoms with Gasteiger partial charge in [0.15, 0.2) is 0 Å². The lowest BCUT2D eigenvalue weighted by atomic mass is 10.0. The molecule has 1 fully saturated rings. The molecular weight excluding hydrogens is 376 g/mol. The highest BCUT2D eigenvalue weighted by molar-refractivity contribution is 5.77. The smallest absolute Gasteiger partial charge is 0.248 e. The minimum absolute atomic E-state index is 0.0520. The molecule has 1 aromatic heterocycles. The van der Waals surface area contributed by atoms with Crippen LogP contribution < -0.4 is 4.90 Å². The second-order valence-corrected chi connectivity index (χ2v) is 8.24. The number of amides is 1. The maximum Gasteiger partial charge on any atom is 0.248 e. The summed E-state index contributed by atoms with van der Waals surface area (Å²) in [5, 5.41) is 0. The van der Waals surface area contributed by atoms with Gasteiger partial charge < -0.3 is 14.5 Å². The van der Waals surface area contributed by atoms with Gasteiger partial charge in [0.05, 0.1) is 0 Å². The highest BCUT2D eigenvalue weighted by Gasteiger charge is 2.25. The lowest BCUT2D eigenvalue weighted by Crippen LogP contribution is -2.50. The third-order valence-corrected chi connectivity index (χ3v) is 5.96. The first-order valence-corrected chi connectivity index (χ1v) is 10.9. The maximum atomic E-state index is 12.2. The van der Waals surface area contributed by atoms with Gasteiger partial charge in [0.2, 0.25) is 5.91 Å². The molecule has 0 N–H and O–H groups in total. The molecule has 6 nitrogen and oxygen atoms in total. The van der Waals surface area contributed by atoms with E-state index in [1.165, 1.54) is 16.7 Å². The monoisotopic (exact) mass is 410 g/mol. The number of carbonyl (C=O) groups excluding carboxylic acids is 1. The molecule has 2 heterocycles. The lowest BCUT2D eigenvalue weighted by Gasteiger charge is -2.36. The molecule has 1 aromatic carbocycles. The van der Waals surface area contributed by atoms with E-state index in [1.807, 2.05) is 4.90 Å². The van der Waals surface area contributed by atoms with E-state index in [4.69, 9.17) is 14.7 Å². The molecule has 6 heteroatoms. The molecule has 3 rings (SSSR count). The van der Waals surface area contributed by atoms with Crippen molar-refractivity contribution in [3.8, 4) is 0 Å². The average Bonchev–Trinajstić information content (AvgIpc) is 2.76. The Balaban J connectivity index is 1.89. The molecular formula is C24H34N4O2. The maximum absolute atomic E-state index is 12.2. The van der Waals surface area contributed by atoms with E-state index in [9.17, 15) is 4.79 Å². The van der Waals surface area contributed by atoms with Gasteiger partial charge in [-0.1, -0.05) is 43.7 Å². The zero-order valence-corrected chi connectivity index (χ0v) is 18.9. The molecule has 1 unspecified atom stereocenters. The standard InChI is InChI=1S/C24H34N4O2/c1-6-18(3)23-25-19(4)21(15-20-9-7-17(2)8-10-20)24(26-23)28-13-11-27(12-14-28)22(29)16-30-5/h7-10,18H,6,11-16H2,1-5H3. The van der Waals surface area contributed by atoms with Gasteiger partial charge in [-0.15, -0.1) is 0 Å². The highest BCUT2D eigenvalue weighted by Crippen LogP contribution is 2.28. The molecule has 1 aliphatic rings. The Bertz CT molecular complexity index is 858. The fourth-order valence-corrected chi connectivity index (χ4v) is 3.77. The Morgan fingerprint density at radius 2 is 1.77 bits per heavy atom. The molecule has 0 bridgehead atoms. The van der Waals surface area contributed by atoms with Crippen LogP contribution in [0.15, 0.2) is 24.3 Å². The molecule has 0 radical (unpaired) electrons. The summed E-state index contributed by atoms with van der Waals surface area (Å²) in [6, 6.07) is 8.67. The topological polar surface area (TPSA) is 58.6 Å². The molecule has 0 spiro atoms. The van der Waals surface area contributed by atoms with E-state index in [0.29, 0.717) is 19.0 Å². The second-order valence-electron chi connectivity index (χ2n) is 8.24. The molecule has 0 aliphatic carbocycles. The number of carbonyl (C=O) groups is 1. The van der Waals surface area contributed by atoms with E-state index in [-0.39, 0.29) is 12.5 Å². The van der Waals surface area contributed by atoms with Crippen molar-refractivity contribution in [2.75, 3.05) is 44.8 Å². The number of hydrogen-bond acceptors (Lipinski definition) is 5. The van der Waals surface area contributed by atoms with Crippen molar-refractivity contribution in [1.29, 1.82) is 0 Å². The van der Waals surface area contributed by atoms with Crippen LogP contribution >= 0.6 is 0 Å². The van der Waals surface area contributed by atoms with Crippen LogP contribution in [0.25, 0.3) is 0 Å². The quantitative estimate of drug-likeness (QED) is 0.699. The zero-order valence-electron chi connectivity index (χ0n) is 18.9. The minimum Gasteiger partial charge on any atom is -0.375 e. The summed E-state index contributed by atoms with van der Waals surface area (Å²) in [4.78, 5) is 26.3. The molecule has 0 saturated carbocycles. The van der Waals surface area contributed by atoms with Gasteiger partial charge in [-0.25, -0.2) is 9.97 Å². The van der Waals surface area contributed by atoms with Gasteiger partial charge in [0.25, 0.3) is 0 Å². The number of hydrogen-bond donors (Lipinski definition) is 0. The summed E-state index contributed by atoms with van der Waals surface area (Å²) in [7, 11) is 1.56. The van der Waals surface area contributed by atoms with Crippen molar-refractivity contribution >= 4 is 11.7 Å². The van der Waals surface area contributed by atoms with Crippen LogP contribution in [0.3, 0.4) is 0 Å². The largest absolute Gasteiger partial charge is 0.375 e. The van der Waals surface area contributed by atoms with Crippen LogP contribution in [0.4, 0.5) is 5.82 Å². The number of aryl methyl sites for hydroxylation is 2. The van der Waals surface area contributed by atoms with Crippen LogP contribution in [0.5, 0.6) is 0 Å². The van der Waals surface area contributed by atoms with Crippen LogP contribution in [-0.4, -0.2) is 60.7 Å². The Morgan fingerprint density at radius 1 is 1.10 bits per heavy atom. The predicted octanol–water partition coefficient (Wildman–Crippen LogP) is 3.49. The van der Waals surface area contributed by atoms with E-state index in [0.717, 1.165) is 43.3 Å². The molecule has 1 atom stereocenters. The van der Waals surface area contributed by atoms with E-state index < -0.39 is 0 Å². The minimum atomic E-state index is 0.0520. The third-order valence-electron chi connectivity index (χ3n) is 5.96. The van der Waals surface area contributed by atoms with Gasteiger partial charge >= 0.3 is 0 Å². The number of piperazine rings is 1. The second kappa shape index (κ2) is 10.0. The molecule has 2 aromatic rings. The van der Waals surface area contributed by atoms with Crippen molar-refractivity contribution < 1.29 is 9.53 Å². The number of rotatable bonds is 7. The van der Waals surface area contributed by atoms with Crippen molar-refractivity contribution in [1.82, 2.24) is 14.9 Å². The summed E-state index contributed by atoms with van der Waals surface area (Å²) in [6.45, 7) is 11.6. The first-order chi connectivity index (χ1) is 14.4. The number of aromatic nitrogens is 2. The summed E-state index contributed by atoms with van der Waals surface area (Å²) >= 11 is 0. The van der Waals surface area contributed by atoms with E-state index in [2.05, 4.69) is 56.9 Å². The summed E-state index contributed by atoms with van der Waals surface area (Å²) in [5.41, 5.74) is 4.76. The van der Waals surface area contributed by atoms with Crippen LogP contribution in [0, 0.1) is 13.8 Å².